The van der Waals surface area contributed by atoms with E-state index in [-0.39, 0.29) is 0 Å². The highest BCUT2D eigenvalue weighted by atomic mass is 14.2. The lowest BCUT2D eigenvalue weighted by molar-refractivity contribution is 0.757. The highest BCUT2D eigenvalue weighted by Crippen LogP contribution is 2.29. The second-order valence-electron chi connectivity index (χ2n) is 4.29. The van der Waals surface area contributed by atoms with Crippen LogP contribution in [0.4, 0.5) is 0 Å². The van der Waals surface area contributed by atoms with Crippen molar-refractivity contribution in [2.24, 2.45) is 0 Å². The lowest BCUT2D eigenvalue weighted by Gasteiger charge is -2.17. The fourth-order valence-electron chi connectivity index (χ4n) is 2.18. The highest BCUT2D eigenvalue weighted by Gasteiger charge is 2.13. The van der Waals surface area contributed by atoms with Crippen LogP contribution in [0.2, 0.25) is 0 Å². The average molecular weight is 250 g/mol. The lowest BCUT2D eigenvalue weighted by atomic mass is 9.87. The highest BCUT2D eigenvalue weighted by molar-refractivity contribution is 5.54. The molecule has 0 spiro atoms. The predicted octanol–water partition coefficient (Wildman–Crippen LogP) is 5.24. The van der Waals surface area contributed by atoms with Gasteiger partial charge in [0.1, 0.15) is 0 Å². The van der Waals surface area contributed by atoms with Crippen molar-refractivity contribution in [2.75, 3.05) is 0 Å². The number of allylic oxidation sites excluding steroid dienone is 4. The van der Waals surface area contributed by atoms with Gasteiger partial charge >= 0.3 is 0 Å². The van der Waals surface area contributed by atoms with E-state index in [0.29, 0.717) is 5.92 Å². The maximum absolute atomic E-state index is 3.87. The van der Waals surface area contributed by atoms with Gasteiger partial charge in [0.2, 0.25) is 0 Å². The Morgan fingerprint density at radius 1 is 1.11 bits per heavy atom. The monoisotopic (exact) mass is 250 g/mol. The van der Waals surface area contributed by atoms with Gasteiger partial charge in [-0.1, -0.05) is 76.1 Å². The second kappa shape index (κ2) is 7.44. The van der Waals surface area contributed by atoms with Crippen molar-refractivity contribution >= 4 is 0 Å². The summed E-state index contributed by atoms with van der Waals surface area (Å²) in [7, 11) is 0. The largest absolute Gasteiger partial charge is 0.0987 e. The van der Waals surface area contributed by atoms with E-state index in [4.69, 9.17) is 0 Å². The van der Waals surface area contributed by atoms with E-state index >= 15 is 0 Å². The van der Waals surface area contributed by atoms with Crippen molar-refractivity contribution in [2.45, 2.75) is 33.1 Å². The van der Waals surface area contributed by atoms with Crippen LogP contribution in [0.3, 0.4) is 0 Å². The minimum absolute atomic E-state index is 0.462. The Bertz CT molecular complexity index is 547. The van der Waals surface area contributed by atoms with Crippen LogP contribution >= 0.6 is 0 Å². The molecule has 98 valence electrons. The van der Waals surface area contributed by atoms with Crippen LogP contribution in [-0.2, 0) is 0 Å². The summed E-state index contributed by atoms with van der Waals surface area (Å²) in [6.07, 6.45) is 4.69. The molecule has 0 aromatic heterocycles. The summed E-state index contributed by atoms with van der Waals surface area (Å²) in [5.74, 6) is 6.89. The van der Waals surface area contributed by atoms with Gasteiger partial charge in [0.25, 0.3) is 0 Å². The van der Waals surface area contributed by atoms with Gasteiger partial charge in [-0.05, 0) is 29.5 Å². The molecule has 0 heterocycles. The maximum atomic E-state index is 3.87. The third-order valence-electron chi connectivity index (χ3n) is 3.15. The minimum atomic E-state index is 0.462. The molecule has 0 aliphatic heterocycles. The van der Waals surface area contributed by atoms with Crippen LogP contribution in [0.25, 0.3) is 0 Å². The van der Waals surface area contributed by atoms with Crippen molar-refractivity contribution in [3.05, 3.63) is 71.8 Å². The van der Waals surface area contributed by atoms with Gasteiger partial charge in [0, 0.05) is 11.1 Å². The van der Waals surface area contributed by atoms with E-state index in [0.717, 1.165) is 17.6 Å². The first-order chi connectivity index (χ1) is 9.26. The smallest absolute Gasteiger partial charge is 0.0283 e. The molecule has 1 aliphatic rings. The maximum Gasteiger partial charge on any atom is 0.0283 e. The zero-order chi connectivity index (χ0) is 14.3. The van der Waals surface area contributed by atoms with E-state index in [1.54, 1.807) is 0 Å². The van der Waals surface area contributed by atoms with E-state index < -0.39 is 0 Å². The topological polar surface area (TPSA) is 0 Å². The van der Waals surface area contributed by atoms with Gasteiger partial charge in [0.15, 0.2) is 0 Å². The molecular weight excluding hydrogens is 228 g/mol. The number of fused-ring (bicyclic) bond motifs is 1. The van der Waals surface area contributed by atoms with Crippen LogP contribution in [0.15, 0.2) is 60.7 Å². The van der Waals surface area contributed by atoms with Gasteiger partial charge in [-0.25, -0.2) is 0 Å². The molecule has 19 heavy (non-hydrogen) atoms. The molecule has 0 saturated heterocycles. The standard InChI is InChI=1S/C17H16.C2H6/c1-4-14-10-11-16-8-6-7-9-17(16)13(3)12-15(14)5-2;1-2/h4-9,13H,1-2,12H2,3H3;1-2H3/b15-14-;. The number of hydrogen-bond donors (Lipinski definition) is 0. The van der Waals surface area contributed by atoms with Crippen molar-refractivity contribution in [3.63, 3.8) is 0 Å². The van der Waals surface area contributed by atoms with Crippen molar-refractivity contribution in [1.82, 2.24) is 0 Å². The molecule has 1 unspecified atom stereocenters. The molecule has 0 N–H and O–H groups in total. The summed E-state index contributed by atoms with van der Waals surface area (Å²) < 4.78 is 0. The molecule has 0 saturated carbocycles. The molecule has 0 nitrogen and oxygen atoms in total. The molecule has 0 radical (unpaired) electrons. The third kappa shape index (κ3) is 3.48. The summed E-state index contributed by atoms with van der Waals surface area (Å²) in [5.41, 5.74) is 4.64. The van der Waals surface area contributed by atoms with E-state index in [1.807, 2.05) is 32.1 Å². The SMILES string of the molecule is C=C/C1=C(\C=C)CC(C)c2ccccc2C#C1.CC. The molecule has 0 amide bonds. The molecule has 2 rings (SSSR count). The van der Waals surface area contributed by atoms with Crippen LogP contribution in [-0.4, -0.2) is 0 Å². The van der Waals surface area contributed by atoms with Crippen LogP contribution in [0, 0.1) is 11.8 Å². The Kier molecular flexibility index (Phi) is 5.90. The van der Waals surface area contributed by atoms with Gasteiger partial charge in [-0.15, -0.1) is 0 Å². The summed E-state index contributed by atoms with van der Waals surface area (Å²) >= 11 is 0. The summed E-state index contributed by atoms with van der Waals surface area (Å²) in [4.78, 5) is 0. The number of rotatable bonds is 2. The second-order valence-corrected chi connectivity index (χ2v) is 4.29. The predicted molar refractivity (Wildman–Crippen MR) is 85.1 cm³/mol. The zero-order valence-electron chi connectivity index (χ0n) is 12.2. The van der Waals surface area contributed by atoms with Crippen molar-refractivity contribution < 1.29 is 0 Å². The van der Waals surface area contributed by atoms with Gasteiger partial charge < -0.3 is 0 Å². The fourth-order valence-corrected chi connectivity index (χ4v) is 2.18. The Balaban J connectivity index is 0.000000861. The average Bonchev–Trinajstić information content (AvgIpc) is 2.47. The third-order valence-corrected chi connectivity index (χ3v) is 3.15. The van der Waals surface area contributed by atoms with E-state index in [9.17, 15) is 0 Å². The Morgan fingerprint density at radius 2 is 1.79 bits per heavy atom. The van der Waals surface area contributed by atoms with Gasteiger partial charge in [-0.2, -0.15) is 0 Å². The molecular formula is C19H22. The number of benzene rings is 1. The molecule has 0 heteroatoms. The molecule has 1 aliphatic carbocycles. The molecule has 1 aromatic rings. The van der Waals surface area contributed by atoms with E-state index in [2.05, 4.69) is 50.1 Å². The van der Waals surface area contributed by atoms with Crippen molar-refractivity contribution in [3.8, 4) is 11.8 Å². The summed E-state index contributed by atoms with van der Waals surface area (Å²) in [5, 5.41) is 0. The quantitative estimate of drug-likeness (QED) is 0.630. The van der Waals surface area contributed by atoms with E-state index in [1.165, 1.54) is 11.1 Å². The molecule has 0 bridgehead atoms. The number of hydrogen-bond acceptors (Lipinski definition) is 0. The summed E-state index contributed by atoms with van der Waals surface area (Å²) in [6.45, 7) is 13.9. The first-order valence-electron chi connectivity index (χ1n) is 6.85. The first-order valence-corrected chi connectivity index (χ1v) is 6.85. The fraction of sp³-hybridized carbons (Fsp3) is 0.263. The van der Waals surface area contributed by atoms with Gasteiger partial charge in [0.05, 0.1) is 0 Å². The Morgan fingerprint density at radius 3 is 2.42 bits per heavy atom. The Labute approximate surface area is 117 Å². The zero-order valence-corrected chi connectivity index (χ0v) is 12.2. The first kappa shape index (κ1) is 15.1. The van der Waals surface area contributed by atoms with Gasteiger partial charge in [-0.3, -0.25) is 0 Å². The molecule has 1 aromatic carbocycles. The lowest BCUT2D eigenvalue weighted by Crippen LogP contribution is -2.01. The van der Waals surface area contributed by atoms with Crippen LogP contribution < -0.4 is 0 Å². The minimum Gasteiger partial charge on any atom is -0.0987 e. The van der Waals surface area contributed by atoms with Crippen LogP contribution in [0.1, 0.15) is 44.2 Å². The molecule has 1 atom stereocenters. The van der Waals surface area contributed by atoms with Crippen LogP contribution in [0.5, 0.6) is 0 Å². The normalized spacial score (nSPS) is 20.5. The Hall–Kier alpha value is -2.00. The molecule has 0 fully saturated rings. The summed E-state index contributed by atoms with van der Waals surface area (Å²) in [6, 6.07) is 8.35. The van der Waals surface area contributed by atoms with Crippen molar-refractivity contribution in [1.29, 1.82) is 0 Å².